The van der Waals surface area contributed by atoms with Crippen LogP contribution >= 0.6 is 11.6 Å². The molecule has 31 heavy (non-hydrogen) atoms. The first-order valence-corrected chi connectivity index (χ1v) is 11.4. The second-order valence-corrected chi connectivity index (χ2v) is 8.85. The highest BCUT2D eigenvalue weighted by Crippen LogP contribution is 2.31. The number of ether oxygens (including phenoxy) is 1. The van der Waals surface area contributed by atoms with Gasteiger partial charge in [0.25, 0.3) is 5.91 Å². The van der Waals surface area contributed by atoms with Gasteiger partial charge in [-0.2, -0.15) is 0 Å². The molecule has 0 unspecified atom stereocenters. The zero-order valence-electron chi connectivity index (χ0n) is 17.4. The summed E-state index contributed by atoms with van der Waals surface area (Å²) in [7, 11) is -2.41. The molecule has 2 aromatic rings. The second-order valence-electron chi connectivity index (χ2n) is 6.59. The minimum atomic E-state index is -3.85. The van der Waals surface area contributed by atoms with Crippen molar-refractivity contribution in [2.75, 3.05) is 29.5 Å². The van der Waals surface area contributed by atoms with Gasteiger partial charge in [-0.15, -0.1) is 6.58 Å². The predicted octanol–water partition coefficient (Wildman–Crippen LogP) is 3.06. The smallest absolute Gasteiger partial charge is 0.253 e. The van der Waals surface area contributed by atoms with Crippen LogP contribution in [0.15, 0.2) is 55.1 Å². The second kappa shape index (κ2) is 10.3. The highest BCUT2D eigenvalue weighted by atomic mass is 35.5. The minimum absolute atomic E-state index is 0.200. The molecule has 0 aliphatic rings. The average Bonchev–Trinajstić information content (AvgIpc) is 2.71. The molecule has 1 atom stereocenters. The fraction of sp³-hybridized carbons (Fsp3) is 0.238. The minimum Gasteiger partial charge on any atom is -0.495 e. The number of carbonyl (C=O) groups is 2. The number of hydrogen-bond donors (Lipinski definition) is 2. The van der Waals surface area contributed by atoms with Crippen molar-refractivity contribution in [1.29, 1.82) is 0 Å². The number of amides is 2. The maximum absolute atomic E-state index is 12.9. The molecule has 0 heterocycles. The van der Waals surface area contributed by atoms with E-state index in [1.165, 1.54) is 38.3 Å². The fourth-order valence-corrected chi connectivity index (χ4v) is 4.31. The van der Waals surface area contributed by atoms with Gasteiger partial charge in [0.05, 0.1) is 35.3 Å². The zero-order valence-corrected chi connectivity index (χ0v) is 19.0. The number of methoxy groups -OCH3 is 1. The molecule has 0 bridgehead atoms. The summed E-state index contributed by atoms with van der Waals surface area (Å²) in [5.41, 5.74) is 0.693. The highest BCUT2D eigenvalue weighted by molar-refractivity contribution is 7.92. The van der Waals surface area contributed by atoms with Gasteiger partial charge < -0.3 is 15.4 Å². The monoisotopic (exact) mass is 465 g/mol. The molecule has 0 saturated heterocycles. The van der Waals surface area contributed by atoms with E-state index in [0.717, 1.165) is 10.6 Å². The molecular formula is C21H24ClN3O5S. The standard InChI is InChI=1S/C21H24ClN3O5S/c1-5-12-23-21(27)16-8-6-7-9-18(16)24-20(26)14(2)25(31(4,28)29)15-10-11-19(30-3)17(22)13-15/h5-11,13-14H,1,12H2,2-4H3,(H,23,27)(H,24,26)/t14-/m1/s1. The van der Waals surface area contributed by atoms with Gasteiger partial charge in [-0.05, 0) is 37.3 Å². The fourth-order valence-electron chi connectivity index (χ4n) is 2.89. The van der Waals surface area contributed by atoms with Crippen LogP contribution in [0.4, 0.5) is 11.4 Å². The molecule has 0 fully saturated rings. The third-order valence-electron chi connectivity index (χ3n) is 4.31. The molecule has 10 heteroatoms. The Bertz CT molecular complexity index is 1090. The first-order valence-electron chi connectivity index (χ1n) is 9.22. The topological polar surface area (TPSA) is 105 Å². The molecule has 0 aliphatic carbocycles. The number of sulfonamides is 1. The number of nitrogens with one attached hydrogen (secondary N) is 2. The molecule has 2 rings (SSSR count). The first kappa shape index (κ1) is 24.2. The first-order chi connectivity index (χ1) is 14.6. The molecule has 166 valence electrons. The molecule has 0 aliphatic heterocycles. The van der Waals surface area contributed by atoms with Gasteiger partial charge in [-0.1, -0.05) is 29.8 Å². The van der Waals surface area contributed by atoms with E-state index in [-0.39, 0.29) is 28.5 Å². The van der Waals surface area contributed by atoms with Crippen molar-refractivity contribution < 1.29 is 22.7 Å². The average molecular weight is 466 g/mol. The largest absolute Gasteiger partial charge is 0.495 e. The van der Waals surface area contributed by atoms with Crippen molar-refractivity contribution in [3.05, 3.63) is 65.7 Å². The van der Waals surface area contributed by atoms with Gasteiger partial charge >= 0.3 is 0 Å². The van der Waals surface area contributed by atoms with E-state index in [2.05, 4.69) is 17.2 Å². The van der Waals surface area contributed by atoms with Gasteiger partial charge in [0, 0.05) is 6.54 Å². The van der Waals surface area contributed by atoms with Gasteiger partial charge in [-0.25, -0.2) is 8.42 Å². The zero-order chi connectivity index (χ0) is 23.2. The van der Waals surface area contributed by atoms with Crippen molar-refractivity contribution in [1.82, 2.24) is 5.32 Å². The number of anilines is 2. The number of rotatable bonds is 9. The Hall–Kier alpha value is -3.04. The molecule has 2 N–H and O–H groups in total. The Kier molecular flexibility index (Phi) is 8.07. The quantitative estimate of drug-likeness (QED) is 0.554. The Morgan fingerprint density at radius 3 is 2.52 bits per heavy atom. The molecule has 0 spiro atoms. The van der Waals surface area contributed by atoms with E-state index in [4.69, 9.17) is 16.3 Å². The van der Waals surface area contributed by atoms with Crippen LogP contribution in [0.5, 0.6) is 5.75 Å². The van der Waals surface area contributed by atoms with E-state index in [1.807, 2.05) is 0 Å². The number of benzene rings is 2. The van der Waals surface area contributed by atoms with Gasteiger partial charge in [0.2, 0.25) is 15.9 Å². The summed E-state index contributed by atoms with van der Waals surface area (Å²) in [6.07, 6.45) is 2.52. The molecule has 8 nitrogen and oxygen atoms in total. The van der Waals surface area contributed by atoms with Crippen LogP contribution < -0.4 is 19.7 Å². The normalized spacial score (nSPS) is 11.9. The van der Waals surface area contributed by atoms with Crippen molar-refractivity contribution in [2.24, 2.45) is 0 Å². The van der Waals surface area contributed by atoms with Crippen LogP contribution in [0.2, 0.25) is 5.02 Å². The van der Waals surface area contributed by atoms with E-state index in [0.29, 0.717) is 5.75 Å². The Balaban J connectivity index is 2.35. The van der Waals surface area contributed by atoms with E-state index >= 15 is 0 Å². The maximum atomic E-state index is 12.9. The molecule has 0 aromatic heterocycles. The van der Waals surface area contributed by atoms with Crippen LogP contribution in [0, 0.1) is 0 Å². The highest BCUT2D eigenvalue weighted by Gasteiger charge is 2.30. The SMILES string of the molecule is C=CCNC(=O)c1ccccc1NC(=O)[C@@H](C)N(c1ccc(OC)c(Cl)c1)S(C)(=O)=O. The van der Waals surface area contributed by atoms with Crippen LogP contribution in [-0.2, 0) is 14.8 Å². The lowest BCUT2D eigenvalue weighted by Crippen LogP contribution is -2.45. The van der Waals surface area contributed by atoms with Crippen molar-refractivity contribution in [2.45, 2.75) is 13.0 Å². The van der Waals surface area contributed by atoms with E-state index < -0.39 is 27.9 Å². The van der Waals surface area contributed by atoms with Crippen LogP contribution in [-0.4, -0.2) is 46.2 Å². The lowest BCUT2D eigenvalue weighted by atomic mass is 10.1. The van der Waals surface area contributed by atoms with Crippen molar-refractivity contribution in [3.63, 3.8) is 0 Å². The number of halogens is 1. The molecule has 2 aromatic carbocycles. The summed E-state index contributed by atoms with van der Waals surface area (Å²) in [5.74, 6) is -0.651. The molecule has 2 amide bonds. The third kappa shape index (κ3) is 5.99. The summed E-state index contributed by atoms with van der Waals surface area (Å²) in [5, 5.41) is 5.48. The summed E-state index contributed by atoms with van der Waals surface area (Å²) < 4.78 is 31.0. The number of para-hydroxylation sites is 1. The Labute approximate surface area is 186 Å². The number of nitrogens with zero attached hydrogens (tertiary/aromatic N) is 1. The molecule has 0 radical (unpaired) electrons. The summed E-state index contributed by atoms with van der Waals surface area (Å²) >= 11 is 6.14. The molecular weight excluding hydrogens is 442 g/mol. The Morgan fingerprint density at radius 2 is 1.94 bits per heavy atom. The summed E-state index contributed by atoms with van der Waals surface area (Å²) in [6.45, 7) is 5.25. The van der Waals surface area contributed by atoms with Gasteiger partial charge in [0.1, 0.15) is 11.8 Å². The summed E-state index contributed by atoms with van der Waals surface area (Å²) in [6, 6.07) is 9.70. The van der Waals surface area contributed by atoms with Crippen LogP contribution in [0.3, 0.4) is 0 Å². The van der Waals surface area contributed by atoms with Crippen molar-refractivity contribution >= 4 is 44.8 Å². The lowest BCUT2D eigenvalue weighted by Gasteiger charge is -2.28. The number of hydrogen-bond acceptors (Lipinski definition) is 5. The van der Waals surface area contributed by atoms with E-state index in [1.54, 1.807) is 24.3 Å². The number of carbonyl (C=O) groups excluding carboxylic acids is 2. The lowest BCUT2D eigenvalue weighted by molar-refractivity contribution is -0.116. The van der Waals surface area contributed by atoms with Gasteiger partial charge in [-0.3, -0.25) is 13.9 Å². The predicted molar refractivity (Wildman–Crippen MR) is 122 cm³/mol. The van der Waals surface area contributed by atoms with Crippen LogP contribution in [0.1, 0.15) is 17.3 Å². The third-order valence-corrected chi connectivity index (χ3v) is 5.85. The maximum Gasteiger partial charge on any atom is 0.253 e. The Morgan fingerprint density at radius 1 is 1.26 bits per heavy atom. The van der Waals surface area contributed by atoms with E-state index in [9.17, 15) is 18.0 Å². The molecule has 0 saturated carbocycles. The summed E-state index contributed by atoms with van der Waals surface area (Å²) in [4.78, 5) is 25.3. The van der Waals surface area contributed by atoms with Gasteiger partial charge in [0.15, 0.2) is 0 Å². The van der Waals surface area contributed by atoms with Crippen LogP contribution in [0.25, 0.3) is 0 Å². The van der Waals surface area contributed by atoms with Crippen molar-refractivity contribution in [3.8, 4) is 5.75 Å².